The van der Waals surface area contributed by atoms with Crippen LogP contribution in [0.1, 0.15) is 31.2 Å². The van der Waals surface area contributed by atoms with Gasteiger partial charge in [0.15, 0.2) is 0 Å². The topological polar surface area (TPSA) is 15.3 Å². The first-order chi connectivity index (χ1) is 9.26. The molecule has 2 fully saturated rings. The fourth-order valence-corrected chi connectivity index (χ4v) is 2.94. The van der Waals surface area contributed by atoms with Crippen molar-refractivity contribution in [2.75, 3.05) is 25.0 Å². The van der Waals surface area contributed by atoms with Gasteiger partial charge < -0.3 is 10.2 Å². The summed E-state index contributed by atoms with van der Waals surface area (Å²) < 4.78 is 0. The highest BCUT2D eigenvalue weighted by Crippen LogP contribution is 2.37. The molecule has 0 saturated heterocycles. The summed E-state index contributed by atoms with van der Waals surface area (Å²) in [6.45, 7) is 3.27. The highest BCUT2D eigenvalue weighted by molar-refractivity contribution is 6.33. The lowest BCUT2D eigenvalue weighted by Crippen LogP contribution is -2.28. The van der Waals surface area contributed by atoms with Crippen LogP contribution >= 0.6 is 11.6 Å². The summed E-state index contributed by atoms with van der Waals surface area (Å²) in [5.41, 5.74) is 2.49. The molecule has 2 saturated carbocycles. The summed E-state index contributed by atoms with van der Waals surface area (Å²) in [5.74, 6) is 1.82. The molecule has 1 aromatic rings. The van der Waals surface area contributed by atoms with Gasteiger partial charge in [0.05, 0.1) is 10.7 Å². The predicted octanol–water partition coefficient (Wildman–Crippen LogP) is 3.69. The molecule has 104 valence electrons. The number of halogens is 1. The van der Waals surface area contributed by atoms with Gasteiger partial charge in [0.2, 0.25) is 0 Å². The minimum atomic E-state index is 0.880. The number of benzene rings is 1. The van der Waals surface area contributed by atoms with Gasteiger partial charge in [0.25, 0.3) is 0 Å². The molecule has 0 atom stereocenters. The molecule has 0 unspecified atom stereocenters. The van der Waals surface area contributed by atoms with Gasteiger partial charge >= 0.3 is 0 Å². The van der Waals surface area contributed by atoms with Crippen LogP contribution < -0.4 is 10.2 Å². The number of nitrogens with zero attached hydrogens (tertiary/aromatic N) is 1. The zero-order valence-electron chi connectivity index (χ0n) is 11.7. The smallest absolute Gasteiger partial charge is 0.0642 e. The third-order valence-electron chi connectivity index (χ3n) is 4.08. The zero-order valence-corrected chi connectivity index (χ0v) is 12.4. The van der Waals surface area contributed by atoms with Crippen LogP contribution in [0.4, 0.5) is 5.69 Å². The first-order valence-electron chi connectivity index (χ1n) is 7.44. The summed E-state index contributed by atoms with van der Waals surface area (Å²) in [7, 11) is 1.97. The Balaban J connectivity index is 1.75. The molecule has 1 N–H and O–H groups in total. The Hall–Kier alpha value is -0.730. The van der Waals surface area contributed by atoms with Gasteiger partial charge in [-0.25, -0.2) is 0 Å². The van der Waals surface area contributed by atoms with Gasteiger partial charge in [-0.15, -0.1) is 0 Å². The van der Waals surface area contributed by atoms with E-state index in [9.17, 15) is 0 Å². The molecule has 0 aromatic heterocycles. The van der Waals surface area contributed by atoms with E-state index in [-0.39, 0.29) is 0 Å². The molecule has 0 amide bonds. The van der Waals surface area contributed by atoms with Gasteiger partial charge in [0.1, 0.15) is 0 Å². The molecule has 0 heterocycles. The highest BCUT2D eigenvalue weighted by Gasteiger charge is 2.30. The van der Waals surface area contributed by atoms with E-state index in [1.807, 2.05) is 7.05 Å². The van der Waals surface area contributed by atoms with E-state index in [1.54, 1.807) is 0 Å². The summed E-state index contributed by atoms with van der Waals surface area (Å²) in [6.07, 6.45) is 5.60. The molecule has 1 aromatic carbocycles. The fraction of sp³-hybridized carbons (Fsp3) is 0.625. The first-order valence-corrected chi connectivity index (χ1v) is 7.82. The quantitative estimate of drug-likeness (QED) is 0.818. The molecule has 0 spiro atoms. The maximum atomic E-state index is 6.50. The second-order valence-electron chi connectivity index (χ2n) is 6.11. The summed E-state index contributed by atoms with van der Waals surface area (Å²) in [4.78, 5) is 2.53. The standard InChI is InChI=1S/C16H23ClN2/c1-18-9-14-6-7-16(15(17)8-14)19(10-12-2-3-12)11-13-4-5-13/h6-8,12-13,18H,2-5,9-11H2,1H3. The maximum absolute atomic E-state index is 6.50. The number of hydrogen-bond acceptors (Lipinski definition) is 2. The van der Waals surface area contributed by atoms with Crippen LogP contribution in [0.25, 0.3) is 0 Å². The van der Waals surface area contributed by atoms with Crippen LogP contribution in [0.2, 0.25) is 5.02 Å². The number of nitrogens with one attached hydrogen (secondary N) is 1. The van der Waals surface area contributed by atoms with Crippen molar-refractivity contribution in [2.24, 2.45) is 11.8 Å². The number of hydrogen-bond donors (Lipinski definition) is 1. The number of anilines is 1. The summed E-state index contributed by atoms with van der Waals surface area (Å²) in [5, 5.41) is 4.08. The highest BCUT2D eigenvalue weighted by atomic mass is 35.5. The van der Waals surface area contributed by atoms with Crippen molar-refractivity contribution in [1.82, 2.24) is 5.32 Å². The predicted molar refractivity (Wildman–Crippen MR) is 81.9 cm³/mol. The van der Waals surface area contributed by atoms with Gasteiger partial charge in [-0.3, -0.25) is 0 Å². The average molecular weight is 279 g/mol. The van der Waals surface area contributed by atoms with Crippen molar-refractivity contribution in [2.45, 2.75) is 32.2 Å². The van der Waals surface area contributed by atoms with Gasteiger partial charge in [0, 0.05) is 19.6 Å². The fourth-order valence-electron chi connectivity index (χ4n) is 2.62. The van der Waals surface area contributed by atoms with Crippen molar-refractivity contribution >= 4 is 17.3 Å². The summed E-state index contributed by atoms with van der Waals surface area (Å²) in [6, 6.07) is 6.52. The molecule has 3 rings (SSSR count). The average Bonchev–Trinajstić information content (AvgIpc) is 3.24. The molecule has 2 aliphatic carbocycles. The second-order valence-corrected chi connectivity index (χ2v) is 6.52. The lowest BCUT2D eigenvalue weighted by molar-refractivity contribution is 0.679. The normalized spacial score (nSPS) is 18.6. The monoisotopic (exact) mass is 278 g/mol. The Kier molecular flexibility index (Phi) is 3.99. The minimum Gasteiger partial charge on any atom is -0.370 e. The lowest BCUT2D eigenvalue weighted by atomic mass is 10.1. The first kappa shape index (κ1) is 13.3. The SMILES string of the molecule is CNCc1ccc(N(CC2CC2)CC2CC2)c(Cl)c1. The Labute approximate surface area is 121 Å². The Morgan fingerprint density at radius 3 is 2.26 bits per heavy atom. The van der Waals surface area contributed by atoms with E-state index in [2.05, 4.69) is 28.4 Å². The molecule has 0 radical (unpaired) electrons. The van der Waals surface area contributed by atoms with Gasteiger partial charge in [-0.05, 0) is 62.3 Å². The van der Waals surface area contributed by atoms with Crippen molar-refractivity contribution in [1.29, 1.82) is 0 Å². The van der Waals surface area contributed by atoms with Crippen molar-refractivity contribution in [3.63, 3.8) is 0 Å². The van der Waals surface area contributed by atoms with Crippen LogP contribution in [-0.2, 0) is 6.54 Å². The van der Waals surface area contributed by atoms with E-state index >= 15 is 0 Å². The van der Waals surface area contributed by atoms with Crippen LogP contribution in [0.5, 0.6) is 0 Å². The number of rotatable bonds is 7. The second kappa shape index (κ2) is 5.72. The zero-order chi connectivity index (χ0) is 13.2. The molecular weight excluding hydrogens is 256 g/mol. The van der Waals surface area contributed by atoms with Crippen molar-refractivity contribution in [3.8, 4) is 0 Å². The molecule has 0 bridgehead atoms. The van der Waals surface area contributed by atoms with Crippen molar-refractivity contribution < 1.29 is 0 Å². The third-order valence-corrected chi connectivity index (χ3v) is 4.39. The molecule has 0 aliphatic heterocycles. The van der Waals surface area contributed by atoms with E-state index in [4.69, 9.17) is 11.6 Å². The van der Waals surface area contributed by atoms with E-state index in [0.717, 1.165) is 23.4 Å². The third kappa shape index (κ3) is 3.64. The Morgan fingerprint density at radius 1 is 1.16 bits per heavy atom. The summed E-state index contributed by atoms with van der Waals surface area (Å²) >= 11 is 6.50. The lowest BCUT2D eigenvalue weighted by Gasteiger charge is -2.26. The van der Waals surface area contributed by atoms with Crippen LogP contribution in [0, 0.1) is 11.8 Å². The molecule has 3 heteroatoms. The largest absolute Gasteiger partial charge is 0.370 e. The van der Waals surface area contributed by atoms with Crippen molar-refractivity contribution in [3.05, 3.63) is 28.8 Å². The maximum Gasteiger partial charge on any atom is 0.0642 e. The molecule has 2 aliphatic rings. The van der Waals surface area contributed by atoms with Gasteiger partial charge in [-0.1, -0.05) is 17.7 Å². The van der Waals surface area contributed by atoms with E-state index in [0.29, 0.717) is 0 Å². The molecular formula is C16H23ClN2. The Morgan fingerprint density at radius 2 is 1.79 bits per heavy atom. The van der Waals surface area contributed by atoms with Crippen LogP contribution in [-0.4, -0.2) is 20.1 Å². The molecule has 19 heavy (non-hydrogen) atoms. The minimum absolute atomic E-state index is 0.880. The van der Waals surface area contributed by atoms with E-state index in [1.165, 1.54) is 50.0 Å². The van der Waals surface area contributed by atoms with Crippen LogP contribution in [0.15, 0.2) is 18.2 Å². The van der Waals surface area contributed by atoms with Gasteiger partial charge in [-0.2, -0.15) is 0 Å². The Bertz CT molecular complexity index is 424. The molecule has 2 nitrogen and oxygen atoms in total. The van der Waals surface area contributed by atoms with E-state index < -0.39 is 0 Å². The van der Waals surface area contributed by atoms with Crippen LogP contribution in [0.3, 0.4) is 0 Å².